The van der Waals surface area contributed by atoms with Gasteiger partial charge in [0.25, 0.3) is 0 Å². The van der Waals surface area contributed by atoms with Gasteiger partial charge in [0, 0.05) is 42.0 Å². The predicted molar refractivity (Wildman–Crippen MR) is 72.1 cm³/mol. The van der Waals surface area contributed by atoms with Crippen LogP contribution in [0.4, 0.5) is 0 Å². The van der Waals surface area contributed by atoms with Crippen LogP contribution in [-0.4, -0.2) is 22.0 Å². The minimum absolute atomic E-state index is 0.761. The zero-order valence-electron chi connectivity index (χ0n) is 11.1. The first-order chi connectivity index (χ1) is 8.76. The average Bonchev–Trinajstić information content (AvgIpc) is 2.40. The van der Waals surface area contributed by atoms with Crippen LogP contribution >= 0.6 is 0 Å². The van der Waals surface area contributed by atoms with E-state index in [0.29, 0.717) is 0 Å². The maximum Gasteiger partial charge on any atom is 0.161 e. The molecule has 0 fully saturated rings. The highest BCUT2D eigenvalue weighted by molar-refractivity contribution is 5.58. The Morgan fingerprint density at radius 3 is 2.78 bits per heavy atom. The summed E-state index contributed by atoms with van der Waals surface area (Å²) in [6, 6.07) is 1.98. The second-order valence-corrected chi connectivity index (χ2v) is 4.24. The Morgan fingerprint density at radius 1 is 1.28 bits per heavy atom. The first-order valence-electron chi connectivity index (χ1n) is 6.16. The van der Waals surface area contributed by atoms with Crippen LogP contribution in [0.25, 0.3) is 11.4 Å². The Kier molecular flexibility index (Phi) is 3.99. The lowest BCUT2D eigenvalue weighted by Gasteiger charge is -2.09. The lowest BCUT2D eigenvalue weighted by molar-refractivity contribution is 0.786. The summed E-state index contributed by atoms with van der Waals surface area (Å²) in [7, 11) is 1.93. The van der Waals surface area contributed by atoms with Gasteiger partial charge >= 0.3 is 0 Å². The first-order valence-corrected chi connectivity index (χ1v) is 6.16. The minimum Gasteiger partial charge on any atom is -0.316 e. The van der Waals surface area contributed by atoms with Gasteiger partial charge in [0.1, 0.15) is 0 Å². The highest BCUT2D eigenvalue weighted by atomic mass is 14.9. The van der Waals surface area contributed by atoms with E-state index in [0.717, 1.165) is 41.2 Å². The molecule has 2 aromatic rings. The van der Waals surface area contributed by atoms with E-state index in [9.17, 15) is 0 Å². The van der Waals surface area contributed by atoms with Crippen LogP contribution < -0.4 is 5.32 Å². The molecule has 0 amide bonds. The van der Waals surface area contributed by atoms with E-state index in [-0.39, 0.29) is 0 Å². The Hall–Kier alpha value is -1.81. The summed E-state index contributed by atoms with van der Waals surface area (Å²) >= 11 is 0. The summed E-state index contributed by atoms with van der Waals surface area (Å²) in [5.74, 6) is 0.761. The molecule has 0 spiro atoms. The van der Waals surface area contributed by atoms with Crippen molar-refractivity contribution in [2.45, 2.75) is 26.8 Å². The first kappa shape index (κ1) is 12.6. The smallest absolute Gasteiger partial charge is 0.161 e. The number of aromatic nitrogens is 3. The van der Waals surface area contributed by atoms with E-state index in [2.05, 4.69) is 27.2 Å². The molecule has 0 unspecified atom stereocenters. The Bertz CT molecular complexity index is 537. The molecule has 0 saturated carbocycles. The molecule has 0 aliphatic rings. The molecule has 1 N–H and O–H groups in total. The molecular formula is C14H18N4. The molecular weight excluding hydrogens is 224 g/mol. The molecule has 4 nitrogen and oxygen atoms in total. The van der Waals surface area contributed by atoms with E-state index < -0.39 is 0 Å². The number of hydrogen-bond acceptors (Lipinski definition) is 4. The van der Waals surface area contributed by atoms with Crippen molar-refractivity contribution in [1.82, 2.24) is 20.3 Å². The largest absolute Gasteiger partial charge is 0.316 e. The molecule has 0 radical (unpaired) electrons. The molecule has 0 bridgehead atoms. The van der Waals surface area contributed by atoms with Crippen molar-refractivity contribution in [1.29, 1.82) is 0 Å². The quantitative estimate of drug-likeness (QED) is 0.892. The highest BCUT2D eigenvalue weighted by Gasteiger charge is 2.08. The minimum atomic E-state index is 0.761. The van der Waals surface area contributed by atoms with Crippen LogP contribution in [0.3, 0.4) is 0 Å². The third-order valence-electron chi connectivity index (χ3n) is 2.94. The average molecular weight is 242 g/mol. The van der Waals surface area contributed by atoms with Gasteiger partial charge in [-0.25, -0.2) is 9.97 Å². The van der Waals surface area contributed by atoms with Crippen LogP contribution in [0.2, 0.25) is 0 Å². The molecule has 0 aliphatic carbocycles. The predicted octanol–water partition coefficient (Wildman–Crippen LogP) is 2.13. The normalized spacial score (nSPS) is 10.6. The molecule has 94 valence electrons. The number of nitrogens with one attached hydrogen (secondary N) is 1. The second-order valence-electron chi connectivity index (χ2n) is 4.24. The topological polar surface area (TPSA) is 50.7 Å². The summed E-state index contributed by atoms with van der Waals surface area (Å²) in [6.45, 7) is 4.96. The van der Waals surface area contributed by atoms with Gasteiger partial charge in [0.2, 0.25) is 0 Å². The Morgan fingerprint density at radius 2 is 2.11 bits per heavy atom. The molecule has 2 aromatic heterocycles. The number of pyridine rings is 1. The molecule has 2 rings (SSSR count). The van der Waals surface area contributed by atoms with Crippen LogP contribution in [0.15, 0.2) is 24.7 Å². The van der Waals surface area contributed by atoms with E-state index in [1.165, 1.54) is 0 Å². The Balaban J connectivity index is 2.44. The fourth-order valence-electron chi connectivity index (χ4n) is 1.91. The fraction of sp³-hybridized carbons (Fsp3) is 0.357. The van der Waals surface area contributed by atoms with Crippen molar-refractivity contribution in [3.8, 4) is 11.4 Å². The second kappa shape index (κ2) is 5.69. The van der Waals surface area contributed by atoms with Crippen LogP contribution in [0.1, 0.15) is 23.7 Å². The lowest BCUT2D eigenvalue weighted by atomic mass is 10.1. The fourth-order valence-corrected chi connectivity index (χ4v) is 1.91. The number of nitrogens with zero attached hydrogens (tertiary/aromatic N) is 3. The van der Waals surface area contributed by atoms with Gasteiger partial charge in [-0.2, -0.15) is 0 Å². The summed E-state index contributed by atoms with van der Waals surface area (Å²) in [5.41, 5.74) is 4.40. The van der Waals surface area contributed by atoms with Crippen molar-refractivity contribution < 1.29 is 0 Å². The summed E-state index contributed by atoms with van der Waals surface area (Å²) in [4.78, 5) is 13.2. The van der Waals surface area contributed by atoms with E-state index in [1.54, 1.807) is 6.20 Å². The van der Waals surface area contributed by atoms with Gasteiger partial charge in [0.15, 0.2) is 5.82 Å². The van der Waals surface area contributed by atoms with Gasteiger partial charge in [-0.15, -0.1) is 0 Å². The highest BCUT2D eigenvalue weighted by Crippen LogP contribution is 2.19. The summed E-state index contributed by atoms with van der Waals surface area (Å²) in [6.07, 6.45) is 6.42. The zero-order chi connectivity index (χ0) is 13.0. The van der Waals surface area contributed by atoms with Crippen molar-refractivity contribution >= 4 is 0 Å². The third kappa shape index (κ3) is 2.54. The molecule has 18 heavy (non-hydrogen) atoms. The maximum absolute atomic E-state index is 4.65. The molecule has 0 saturated heterocycles. The maximum atomic E-state index is 4.65. The van der Waals surface area contributed by atoms with Gasteiger partial charge in [-0.1, -0.05) is 6.92 Å². The third-order valence-corrected chi connectivity index (χ3v) is 2.94. The van der Waals surface area contributed by atoms with Gasteiger partial charge < -0.3 is 5.32 Å². The Labute approximate surface area is 108 Å². The van der Waals surface area contributed by atoms with Gasteiger partial charge in [-0.3, -0.25) is 4.98 Å². The van der Waals surface area contributed by atoms with E-state index >= 15 is 0 Å². The van der Waals surface area contributed by atoms with E-state index in [4.69, 9.17) is 0 Å². The van der Waals surface area contributed by atoms with Crippen LogP contribution in [0.5, 0.6) is 0 Å². The monoisotopic (exact) mass is 242 g/mol. The van der Waals surface area contributed by atoms with Crippen LogP contribution in [-0.2, 0) is 13.0 Å². The molecule has 4 heteroatoms. The molecule has 0 aliphatic heterocycles. The molecule has 0 aromatic carbocycles. The van der Waals surface area contributed by atoms with Crippen molar-refractivity contribution in [3.05, 3.63) is 41.5 Å². The number of rotatable bonds is 4. The number of aryl methyl sites for hydroxylation is 2. The molecule has 2 heterocycles. The van der Waals surface area contributed by atoms with Crippen molar-refractivity contribution in [2.75, 3.05) is 7.05 Å². The van der Waals surface area contributed by atoms with Gasteiger partial charge in [-0.05, 0) is 32.0 Å². The zero-order valence-corrected chi connectivity index (χ0v) is 11.1. The number of hydrogen-bond donors (Lipinski definition) is 1. The SMILES string of the molecule is CCc1nc(-c2cnccc2C)ncc1CNC. The van der Waals surface area contributed by atoms with E-state index in [1.807, 2.05) is 32.4 Å². The van der Waals surface area contributed by atoms with Crippen molar-refractivity contribution in [2.24, 2.45) is 0 Å². The summed E-state index contributed by atoms with van der Waals surface area (Å²) < 4.78 is 0. The lowest BCUT2D eigenvalue weighted by Crippen LogP contribution is -2.10. The van der Waals surface area contributed by atoms with Crippen LogP contribution in [0, 0.1) is 6.92 Å². The molecule has 0 atom stereocenters. The summed E-state index contributed by atoms with van der Waals surface area (Å²) in [5, 5.41) is 3.14. The van der Waals surface area contributed by atoms with Gasteiger partial charge in [0.05, 0.1) is 0 Å². The van der Waals surface area contributed by atoms with Crippen molar-refractivity contribution in [3.63, 3.8) is 0 Å². The standard InChI is InChI=1S/C14H18N4/c1-4-13-11(7-15-3)8-17-14(18-13)12-9-16-6-5-10(12)2/h5-6,8-9,15H,4,7H2,1-3H3.